The van der Waals surface area contributed by atoms with Gasteiger partial charge in [-0.2, -0.15) is 0 Å². The van der Waals surface area contributed by atoms with Crippen LogP contribution in [0.2, 0.25) is 0 Å². The number of hydrogen-bond donors (Lipinski definition) is 1. The zero-order chi connectivity index (χ0) is 13.9. The molecule has 8 heteroatoms. The zero-order valence-corrected chi connectivity index (χ0v) is 11.5. The van der Waals surface area contributed by atoms with Crippen LogP contribution in [0.15, 0.2) is 35.1 Å². The molecule has 1 heterocycles. The predicted molar refractivity (Wildman–Crippen MR) is 69.7 cm³/mol. The smallest absolute Gasteiger partial charge is 0.307 e. The average Bonchev–Trinajstić information content (AvgIpc) is 2.81. The fraction of sp³-hybridized carbons (Fsp3) is 0.273. The summed E-state index contributed by atoms with van der Waals surface area (Å²) in [6.07, 6.45) is 0. The highest BCUT2D eigenvalue weighted by atomic mass is 31.2. The molecule has 0 bridgehead atoms. The van der Waals surface area contributed by atoms with Gasteiger partial charge in [-0.05, 0) is 5.56 Å². The van der Waals surface area contributed by atoms with E-state index in [9.17, 15) is 9.36 Å². The molecule has 1 aromatic carbocycles. The van der Waals surface area contributed by atoms with Crippen LogP contribution in [0, 0.1) is 0 Å². The highest BCUT2D eigenvalue weighted by Gasteiger charge is 2.32. The van der Waals surface area contributed by atoms with E-state index in [0.29, 0.717) is 6.54 Å². The maximum absolute atomic E-state index is 12.1. The summed E-state index contributed by atoms with van der Waals surface area (Å²) in [5.74, 6) is 0. The minimum Gasteiger partial charge on any atom is -0.307 e. The monoisotopic (exact) mass is 283 g/mol. The van der Waals surface area contributed by atoms with Gasteiger partial charge in [-0.15, -0.1) is 5.10 Å². The number of hydrogen-bond acceptors (Lipinski definition) is 5. The Morgan fingerprint density at radius 3 is 2.47 bits per heavy atom. The Labute approximate surface area is 109 Å². The SMILES string of the molecule is COP(=O)(OC)c1n[nH]n(Cc2ccccc2)c1=O. The van der Waals surface area contributed by atoms with Crippen molar-refractivity contribution in [2.45, 2.75) is 6.54 Å². The van der Waals surface area contributed by atoms with Crippen LogP contribution in [0.3, 0.4) is 0 Å². The molecule has 0 amide bonds. The maximum Gasteiger partial charge on any atom is 0.386 e. The lowest BCUT2D eigenvalue weighted by atomic mass is 10.2. The highest BCUT2D eigenvalue weighted by molar-refractivity contribution is 7.61. The van der Waals surface area contributed by atoms with Gasteiger partial charge < -0.3 is 9.05 Å². The number of aromatic nitrogens is 3. The van der Waals surface area contributed by atoms with Gasteiger partial charge in [0, 0.05) is 14.2 Å². The molecule has 2 rings (SSSR count). The molecule has 0 saturated carbocycles. The zero-order valence-electron chi connectivity index (χ0n) is 10.6. The minimum absolute atomic E-state index is 0.242. The third kappa shape index (κ3) is 2.68. The lowest BCUT2D eigenvalue weighted by Crippen LogP contribution is -2.30. The first-order valence-electron chi connectivity index (χ1n) is 5.52. The normalized spacial score (nSPS) is 11.7. The van der Waals surface area contributed by atoms with Gasteiger partial charge in [-0.25, -0.2) is 9.90 Å². The number of H-pyrrole nitrogens is 1. The summed E-state index contributed by atoms with van der Waals surface area (Å²) in [4.78, 5) is 12.1. The number of benzene rings is 1. The Balaban J connectivity index is 2.34. The van der Waals surface area contributed by atoms with E-state index in [1.807, 2.05) is 30.3 Å². The summed E-state index contributed by atoms with van der Waals surface area (Å²) >= 11 is 0. The molecule has 0 atom stereocenters. The Morgan fingerprint density at radius 1 is 1.26 bits per heavy atom. The Hall–Kier alpha value is -1.69. The van der Waals surface area contributed by atoms with Crippen LogP contribution in [0.25, 0.3) is 0 Å². The van der Waals surface area contributed by atoms with Crippen LogP contribution in [0.4, 0.5) is 0 Å². The van der Waals surface area contributed by atoms with Crippen LogP contribution in [0.1, 0.15) is 5.56 Å². The molecule has 0 fully saturated rings. The van der Waals surface area contributed by atoms with Crippen LogP contribution in [-0.4, -0.2) is 29.2 Å². The molecule has 0 aliphatic heterocycles. The standard InChI is InChI=1S/C11H14N3O4P/c1-17-19(16,18-2)10-11(15)14(13-12-10)8-9-6-4-3-5-7-9/h3-7,13H,8H2,1-2H3. The Bertz CT molecular complexity index is 641. The van der Waals surface area contributed by atoms with Gasteiger partial charge in [0.25, 0.3) is 0 Å². The number of aromatic amines is 1. The molecule has 0 radical (unpaired) electrons. The second kappa shape index (κ2) is 5.52. The molecule has 2 aromatic rings. The minimum atomic E-state index is -3.63. The van der Waals surface area contributed by atoms with Gasteiger partial charge >= 0.3 is 13.2 Å². The fourth-order valence-electron chi connectivity index (χ4n) is 1.62. The molecule has 0 saturated heterocycles. The molecule has 102 valence electrons. The van der Waals surface area contributed by atoms with E-state index in [2.05, 4.69) is 10.3 Å². The van der Waals surface area contributed by atoms with Crippen molar-refractivity contribution in [3.05, 3.63) is 46.2 Å². The Morgan fingerprint density at radius 2 is 1.89 bits per heavy atom. The number of nitrogens with zero attached hydrogens (tertiary/aromatic N) is 2. The summed E-state index contributed by atoms with van der Waals surface area (Å²) in [7, 11) is -1.21. The first kappa shape index (κ1) is 13.7. The van der Waals surface area contributed by atoms with E-state index in [1.54, 1.807) is 0 Å². The summed E-state index contributed by atoms with van der Waals surface area (Å²) in [5, 5.41) is 6.26. The van der Waals surface area contributed by atoms with Crippen molar-refractivity contribution in [3.8, 4) is 0 Å². The molecule has 1 N–H and O–H groups in total. The summed E-state index contributed by atoms with van der Waals surface area (Å²) in [6, 6.07) is 9.37. The predicted octanol–water partition coefficient (Wildman–Crippen LogP) is 0.731. The van der Waals surface area contributed by atoms with Gasteiger partial charge in [0.2, 0.25) is 5.44 Å². The third-order valence-corrected chi connectivity index (χ3v) is 4.41. The van der Waals surface area contributed by atoms with Crippen molar-refractivity contribution in [2.75, 3.05) is 14.2 Å². The first-order valence-corrected chi connectivity index (χ1v) is 7.06. The summed E-state index contributed by atoms with van der Waals surface area (Å²) in [6.45, 7) is 0.306. The van der Waals surface area contributed by atoms with E-state index in [4.69, 9.17) is 9.05 Å². The van der Waals surface area contributed by atoms with Crippen LogP contribution >= 0.6 is 7.60 Å². The van der Waals surface area contributed by atoms with Crippen molar-refractivity contribution in [1.29, 1.82) is 0 Å². The van der Waals surface area contributed by atoms with E-state index in [0.717, 1.165) is 5.56 Å². The van der Waals surface area contributed by atoms with E-state index in [1.165, 1.54) is 18.9 Å². The number of rotatable bonds is 5. The molecular weight excluding hydrogens is 269 g/mol. The van der Waals surface area contributed by atoms with Crippen LogP contribution in [0.5, 0.6) is 0 Å². The molecule has 7 nitrogen and oxygen atoms in total. The molecule has 0 aliphatic rings. The van der Waals surface area contributed by atoms with E-state index >= 15 is 0 Å². The van der Waals surface area contributed by atoms with Gasteiger partial charge in [-0.3, -0.25) is 9.36 Å². The average molecular weight is 283 g/mol. The van der Waals surface area contributed by atoms with Crippen molar-refractivity contribution in [1.82, 2.24) is 15.0 Å². The molecule has 0 aliphatic carbocycles. The van der Waals surface area contributed by atoms with Gasteiger partial charge in [0.05, 0.1) is 6.54 Å². The van der Waals surface area contributed by atoms with Crippen LogP contribution < -0.4 is 11.0 Å². The van der Waals surface area contributed by atoms with Crippen molar-refractivity contribution >= 4 is 13.0 Å². The van der Waals surface area contributed by atoms with Gasteiger partial charge in [0.1, 0.15) is 0 Å². The molecule has 19 heavy (non-hydrogen) atoms. The highest BCUT2D eigenvalue weighted by Crippen LogP contribution is 2.42. The second-order valence-corrected chi connectivity index (χ2v) is 5.92. The van der Waals surface area contributed by atoms with Crippen molar-refractivity contribution in [3.63, 3.8) is 0 Å². The molecule has 1 aromatic heterocycles. The largest absolute Gasteiger partial charge is 0.386 e. The van der Waals surface area contributed by atoms with Gasteiger partial charge in [-0.1, -0.05) is 30.3 Å². The van der Waals surface area contributed by atoms with Crippen molar-refractivity contribution in [2.24, 2.45) is 0 Å². The maximum atomic E-state index is 12.1. The van der Waals surface area contributed by atoms with Crippen molar-refractivity contribution < 1.29 is 13.6 Å². The van der Waals surface area contributed by atoms with E-state index in [-0.39, 0.29) is 5.44 Å². The summed E-state index contributed by atoms with van der Waals surface area (Å²) in [5.41, 5.74) is 0.161. The molecule has 0 spiro atoms. The lowest BCUT2D eigenvalue weighted by molar-refractivity contribution is 0.286. The van der Waals surface area contributed by atoms with E-state index < -0.39 is 13.2 Å². The quantitative estimate of drug-likeness (QED) is 0.817. The second-order valence-electron chi connectivity index (χ2n) is 3.77. The lowest BCUT2D eigenvalue weighted by Gasteiger charge is -2.08. The molecule has 0 unspecified atom stereocenters. The first-order chi connectivity index (χ1) is 9.10. The Kier molecular flexibility index (Phi) is 3.99. The third-order valence-electron chi connectivity index (χ3n) is 2.64. The summed E-state index contributed by atoms with van der Waals surface area (Å²) < 4.78 is 22.9. The topological polar surface area (TPSA) is 86.2 Å². The van der Waals surface area contributed by atoms with Crippen LogP contribution in [-0.2, 0) is 20.2 Å². The number of nitrogens with one attached hydrogen (secondary N) is 1. The van der Waals surface area contributed by atoms with Gasteiger partial charge in [0.15, 0.2) is 0 Å². The molecular formula is C11H14N3O4P. The fourth-order valence-corrected chi connectivity index (χ4v) is 2.64.